The summed E-state index contributed by atoms with van der Waals surface area (Å²) in [5.74, 6) is -1.10. The molecule has 1 amide bonds. The molecule has 1 atom stereocenters. The van der Waals surface area contributed by atoms with Gasteiger partial charge in [-0.3, -0.25) is 0 Å². The van der Waals surface area contributed by atoms with Gasteiger partial charge >= 0.3 is 12.1 Å². The molecule has 1 aliphatic carbocycles. The zero-order valence-corrected chi connectivity index (χ0v) is 20.6. The number of aliphatic carboxylic acids is 1. The Morgan fingerprint density at radius 3 is 2.40 bits per heavy atom. The Balaban J connectivity index is 1.35. The Hall–Kier alpha value is -3.23. The minimum Gasteiger partial charge on any atom is -0.480 e. The molecule has 1 aliphatic heterocycles. The monoisotopic (exact) mass is 536 g/mol. The molecule has 7 nitrogen and oxygen atoms in total. The number of ether oxygens (including phenoxy) is 2. The highest BCUT2D eigenvalue weighted by Crippen LogP contribution is 2.45. The number of hydrogen-bond donors (Lipinski definition) is 1. The number of amides is 1. The van der Waals surface area contributed by atoms with Gasteiger partial charge in [0.15, 0.2) is 0 Å². The highest BCUT2D eigenvalue weighted by molar-refractivity contribution is 9.10. The Labute approximate surface area is 211 Å². The van der Waals surface area contributed by atoms with E-state index in [1.54, 1.807) is 17.2 Å². The number of hydrogen-bond acceptors (Lipinski definition) is 5. The van der Waals surface area contributed by atoms with Gasteiger partial charge in [-0.05, 0) is 57.1 Å². The van der Waals surface area contributed by atoms with E-state index in [2.05, 4.69) is 45.2 Å². The van der Waals surface area contributed by atoms with Crippen molar-refractivity contribution in [2.24, 2.45) is 0 Å². The zero-order valence-electron chi connectivity index (χ0n) is 19.0. The van der Waals surface area contributed by atoms with Crippen LogP contribution in [0.25, 0.3) is 11.1 Å². The van der Waals surface area contributed by atoms with Crippen LogP contribution in [0.15, 0.2) is 71.5 Å². The molecule has 0 saturated carbocycles. The van der Waals surface area contributed by atoms with Crippen molar-refractivity contribution >= 4 is 28.0 Å². The Kier molecular flexibility index (Phi) is 6.58. The van der Waals surface area contributed by atoms with Crippen LogP contribution in [0.5, 0.6) is 0 Å². The van der Waals surface area contributed by atoms with Gasteiger partial charge < -0.3 is 19.5 Å². The summed E-state index contributed by atoms with van der Waals surface area (Å²) in [6.07, 6.45) is 2.42. The van der Waals surface area contributed by atoms with Crippen LogP contribution in [0.1, 0.15) is 35.4 Å². The van der Waals surface area contributed by atoms with Gasteiger partial charge in [-0.1, -0.05) is 54.6 Å². The minimum absolute atomic E-state index is 0.0309. The number of piperidine rings is 1. The summed E-state index contributed by atoms with van der Waals surface area (Å²) in [5.41, 5.74) is 4.37. The molecular weight excluding hydrogens is 512 g/mol. The molecule has 5 rings (SSSR count). The lowest BCUT2D eigenvalue weighted by Crippen LogP contribution is -2.51. The fraction of sp³-hybridized carbons (Fsp3) is 0.296. The maximum Gasteiger partial charge on any atom is 0.409 e. The van der Waals surface area contributed by atoms with Crippen LogP contribution < -0.4 is 0 Å². The van der Waals surface area contributed by atoms with Crippen molar-refractivity contribution in [3.63, 3.8) is 0 Å². The standard InChI is InChI=1S/C27H25BrN2O5/c28-25-23(11-5-13-29-25)27(35-16-24(31)32)12-6-14-30(17-27)26(33)34-15-22-20-9-3-1-7-18(20)19-8-2-4-10-21(19)22/h1-5,7-11,13,22H,6,12,14-17H2,(H,31,32). The van der Waals surface area contributed by atoms with E-state index in [0.29, 0.717) is 24.0 Å². The number of pyridine rings is 1. The number of carbonyl (C=O) groups is 2. The molecule has 35 heavy (non-hydrogen) atoms. The smallest absolute Gasteiger partial charge is 0.409 e. The van der Waals surface area contributed by atoms with Gasteiger partial charge in [0.1, 0.15) is 23.4 Å². The molecule has 3 aromatic rings. The van der Waals surface area contributed by atoms with Crippen molar-refractivity contribution < 1.29 is 24.2 Å². The summed E-state index contributed by atoms with van der Waals surface area (Å²) in [6, 6.07) is 20.0. The van der Waals surface area contributed by atoms with Crippen LogP contribution in [-0.2, 0) is 19.9 Å². The molecule has 1 saturated heterocycles. The third-order valence-corrected chi connectivity index (χ3v) is 7.40. The number of rotatable bonds is 6. The lowest BCUT2D eigenvalue weighted by atomic mass is 9.86. The Morgan fingerprint density at radius 2 is 1.74 bits per heavy atom. The number of benzene rings is 2. The van der Waals surface area contributed by atoms with Gasteiger partial charge in [0.25, 0.3) is 0 Å². The van der Waals surface area contributed by atoms with Crippen LogP contribution in [0.4, 0.5) is 4.79 Å². The Bertz CT molecular complexity index is 1220. The summed E-state index contributed by atoms with van der Waals surface area (Å²) in [4.78, 5) is 30.4. The molecular formula is C27H25BrN2O5. The van der Waals surface area contributed by atoms with Crippen molar-refractivity contribution in [1.82, 2.24) is 9.88 Å². The van der Waals surface area contributed by atoms with E-state index in [-0.39, 0.29) is 19.1 Å². The number of halogens is 1. The van der Waals surface area contributed by atoms with E-state index in [0.717, 1.165) is 16.7 Å². The third-order valence-electron chi connectivity index (χ3n) is 6.77. The molecule has 1 N–H and O–H groups in total. The lowest BCUT2D eigenvalue weighted by Gasteiger charge is -2.42. The highest BCUT2D eigenvalue weighted by Gasteiger charge is 2.42. The topological polar surface area (TPSA) is 89.0 Å². The van der Waals surface area contributed by atoms with Crippen LogP contribution in [-0.4, -0.2) is 53.4 Å². The number of nitrogens with zero attached hydrogens (tertiary/aromatic N) is 2. The van der Waals surface area contributed by atoms with Gasteiger partial charge in [0, 0.05) is 24.2 Å². The van der Waals surface area contributed by atoms with Crippen LogP contribution in [0.2, 0.25) is 0 Å². The van der Waals surface area contributed by atoms with Crippen LogP contribution >= 0.6 is 15.9 Å². The highest BCUT2D eigenvalue weighted by atomic mass is 79.9. The number of carboxylic acids is 1. The SMILES string of the molecule is O=C(O)COC1(c2cccnc2Br)CCCN(C(=O)OCC2c3ccccc3-c3ccccc32)C1. The second kappa shape index (κ2) is 9.79. The maximum atomic E-state index is 13.2. The molecule has 8 heteroatoms. The van der Waals surface area contributed by atoms with E-state index >= 15 is 0 Å². The first-order valence-corrected chi connectivity index (χ1v) is 12.3. The zero-order chi connectivity index (χ0) is 24.4. The molecule has 1 fully saturated rings. The first kappa shape index (κ1) is 23.5. The number of carboxylic acid groups (broad SMARTS) is 1. The maximum absolute atomic E-state index is 13.2. The summed E-state index contributed by atoms with van der Waals surface area (Å²) in [7, 11) is 0. The van der Waals surface area contributed by atoms with Gasteiger partial charge in [-0.15, -0.1) is 0 Å². The minimum atomic E-state index is -1.07. The third kappa shape index (κ3) is 4.56. The fourth-order valence-corrected chi connectivity index (χ4v) is 5.82. The van der Waals surface area contributed by atoms with Crippen molar-refractivity contribution in [3.05, 3.63) is 88.2 Å². The first-order valence-electron chi connectivity index (χ1n) is 11.6. The molecule has 1 unspecified atom stereocenters. The summed E-state index contributed by atoms with van der Waals surface area (Å²) in [6.45, 7) is 0.441. The molecule has 0 radical (unpaired) electrons. The average Bonchev–Trinajstić information content (AvgIpc) is 3.20. The molecule has 2 aromatic carbocycles. The van der Waals surface area contributed by atoms with Crippen molar-refractivity contribution in [1.29, 1.82) is 0 Å². The van der Waals surface area contributed by atoms with Crippen molar-refractivity contribution in [3.8, 4) is 11.1 Å². The Morgan fingerprint density at radius 1 is 1.06 bits per heavy atom. The van der Waals surface area contributed by atoms with Gasteiger partial charge in [-0.2, -0.15) is 0 Å². The van der Waals surface area contributed by atoms with E-state index in [1.165, 1.54) is 11.1 Å². The molecule has 0 bridgehead atoms. The number of carbonyl (C=O) groups excluding carboxylic acids is 1. The molecule has 2 aliphatic rings. The van der Waals surface area contributed by atoms with Crippen LogP contribution in [0, 0.1) is 0 Å². The summed E-state index contributed by atoms with van der Waals surface area (Å²) < 4.78 is 12.4. The largest absolute Gasteiger partial charge is 0.480 e. The molecule has 180 valence electrons. The number of aromatic nitrogens is 1. The van der Waals surface area contributed by atoms with E-state index in [4.69, 9.17) is 9.47 Å². The van der Waals surface area contributed by atoms with Gasteiger partial charge in [0.05, 0.1) is 6.54 Å². The molecule has 1 aromatic heterocycles. The lowest BCUT2D eigenvalue weighted by molar-refractivity contribution is -0.155. The van der Waals surface area contributed by atoms with E-state index in [1.807, 2.05) is 30.3 Å². The average molecular weight is 537 g/mol. The quantitative estimate of drug-likeness (QED) is 0.436. The predicted molar refractivity (Wildman–Crippen MR) is 133 cm³/mol. The van der Waals surface area contributed by atoms with E-state index in [9.17, 15) is 14.7 Å². The summed E-state index contributed by atoms with van der Waals surface area (Å²) >= 11 is 3.46. The van der Waals surface area contributed by atoms with Gasteiger partial charge in [0.2, 0.25) is 0 Å². The number of likely N-dealkylation sites (tertiary alicyclic amines) is 1. The van der Waals surface area contributed by atoms with Crippen molar-refractivity contribution in [2.75, 3.05) is 26.3 Å². The predicted octanol–water partition coefficient (Wildman–Crippen LogP) is 5.19. The molecule has 2 heterocycles. The fourth-order valence-electron chi connectivity index (χ4n) is 5.20. The number of fused-ring (bicyclic) bond motifs is 3. The van der Waals surface area contributed by atoms with E-state index < -0.39 is 24.3 Å². The van der Waals surface area contributed by atoms with Crippen molar-refractivity contribution in [2.45, 2.75) is 24.4 Å². The first-order chi connectivity index (χ1) is 17.0. The van der Waals surface area contributed by atoms with Crippen LogP contribution in [0.3, 0.4) is 0 Å². The second-order valence-electron chi connectivity index (χ2n) is 8.85. The normalized spacial score (nSPS) is 19.2. The second-order valence-corrected chi connectivity index (χ2v) is 9.60. The molecule has 0 spiro atoms. The summed E-state index contributed by atoms with van der Waals surface area (Å²) in [5, 5.41) is 9.26. The van der Waals surface area contributed by atoms with Gasteiger partial charge in [-0.25, -0.2) is 14.6 Å².